The van der Waals surface area contributed by atoms with Gasteiger partial charge < -0.3 is 15.5 Å². The van der Waals surface area contributed by atoms with Gasteiger partial charge in [-0.1, -0.05) is 26.3 Å². The van der Waals surface area contributed by atoms with Crippen LogP contribution in [0.4, 0.5) is 8.78 Å². The van der Waals surface area contributed by atoms with Gasteiger partial charge in [-0.2, -0.15) is 0 Å². The number of hydrogen-bond acceptors (Lipinski definition) is 3. The normalized spacial score (nSPS) is 18.7. The second-order valence-corrected chi connectivity index (χ2v) is 7.82. The second-order valence-electron chi connectivity index (χ2n) is 7.82. The van der Waals surface area contributed by atoms with E-state index in [1.807, 2.05) is 0 Å². The van der Waals surface area contributed by atoms with Crippen LogP contribution in [0.1, 0.15) is 56.8 Å². The molecule has 5 nitrogen and oxygen atoms in total. The summed E-state index contributed by atoms with van der Waals surface area (Å²) in [6, 6.07) is 2.94. The second kappa shape index (κ2) is 10.5. The molecule has 1 aliphatic rings. The number of carbonyl (C=O) groups is 2. The number of nitrogens with zero attached hydrogens (tertiary/aromatic N) is 1. The molecule has 1 fully saturated rings. The van der Waals surface area contributed by atoms with Crippen LogP contribution in [0.3, 0.4) is 0 Å². The Hall–Kier alpha value is -2.02. The Labute approximate surface area is 165 Å². The molecule has 2 atom stereocenters. The van der Waals surface area contributed by atoms with Crippen molar-refractivity contribution in [1.29, 1.82) is 0 Å². The van der Waals surface area contributed by atoms with Crippen molar-refractivity contribution >= 4 is 11.8 Å². The van der Waals surface area contributed by atoms with Gasteiger partial charge in [0.05, 0.1) is 0 Å². The fourth-order valence-electron chi connectivity index (χ4n) is 3.56. The van der Waals surface area contributed by atoms with E-state index < -0.39 is 29.1 Å². The molecule has 2 rings (SSSR count). The maximum atomic E-state index is 13.8. The van der Waals surface area contributed by atoms with Crippen molar-refractivity contribution in [3.63, 3.8) is 0 Å². The standard InChI is InChI=1S/C21H31F2N3O2/c1-14(2)19(25-20(27)18-16(22)9-6-10-17(18)23)21(28)24-11-7-13-26-12-5-4-8-15(26)3/h6,9-10,14-15,19H,4-5,7-8,11-13H2,1-3H3,(H,24,28)(H,25,27). The lowest BCUT2D eigenvalue weighted by molar-refractivity contribution is -0.123. The van der Waals surface area contributed by atoms with Crippen molar-refractivity contribution in [3.05, 3.63) is 35.4 Å². The van der Waals surface area contributed by atoms with E-state index in [2.05, 4.69) is 22.5 Å². The van der Waals surface area contributed by atoms with E-state index in [4.69, 9.17) is 0 Å². The van der Waals surface area contributed by atoms with Crippen molar-refractivity contribution in [2.45, 2.75) is 58.5 Å². The molecule has 0 aliphatic carbocycles. The van der Waals surface area contributed by atoms with Gasteiger partial charge in [-0.05, 0) is 50.8 Å². The molecule has 2 unspecified atom stereocenters. The molecule has 1 heterocycles. The molecule has 0 spiro atoms. The number of hydrogen-bond donors (Lipinski definition) is 2. The third-order valence-electron chi connectivity index (χ3n) is 5.29. The molecule has 0 aromatic heterocycles. The average Bonchev–Trinajstić information content (AvgIpc) is 2.64. The van der Waals surface area contributed by atoms with Crippen LogP contribution < -0.4 is 10.6 Å². The van der Waals surface area contributed by atoms with E-state index in [0.717, 1.165) is 31.6 Å². The third-order valence-corrected chi connectivity index (χ3v) is 5.29. The molecule has 1 aromatic carbocycles. The number of piperidine rings is 1. The fourth-order valence-corrected chi connectivity index (χ4v) is 3.56. The van der Waals surface area contributed by atoms with Crippen LogP contribution in [0, 0.1) is 17.6 Å². The highest BCUT2D eigenvalue weighted by molar-refractivity contribution is 5.98. The molecule has 0 bridgehead atoms. The maximum absolute atomic E-state index is 13.8. The number of benzene rings is 1. The maximum Gasteiger partial charge on any atom is 0.257 e. The molecule has 2 N–H and O–H groups in total. The van der Waals surface area contributed by atoms with E-state index in [1.54, 1.807) is 13.8 Å². The zero-order chi connectivity index (χ0) is 20.7. The van der Waals surface area contributed by atoms with E-state index in [1.165, 1.54) is 25.3 Å². The van der Waals surface area contributed by atoms with Gasteiger partial charge in [0.15, 0.2) is 0 Å². The molecule has 7 heteroatoms. The molecule has 0 radical (unpaired) electrons. The van der Waals surface area contributed by atoms with Crippen LogP contribution in [0.15, 0.2) is 18.2 Å². The van der Waals surface area contributed by atoms with Crippen molar-refractivity contribution in [2.75, 3.05) is 19.6 Å². The molecule has 28 heavy (non-hydrogen) atoms. The molecule has 1 aromatic rings. The van der Waals surface area contributed by atoms with Crippen LogP contribution in [0.2, 0.25) is 0 Å². The summed E-state index contributed by atoms with van der Waals surface area (Å²) in [6.45, 7) is 8.28. The highest BCUT2D eigenvalue weighted by Crippen LogP contribution is 2.16. The lowest BCUT2D eigenvalue weighted by Crippen LogP contribution is -2.50. The molecule has 2 amide bonds. The number of halogens is 2. The lowest BCUT2D eigenvalue weighted by atomic mass is 10.0. The smallest absolute Gasteiger partial charge is 0.257 e. The summed E-state index contributed by atoms with van der Waals surface area (Å²) in [5.41, 5.74) is -0.667. The molecule has 156 valence electrons. The molecule has 0 saturated carbocycles. The summed E-state index contributed by atoms with van der Waals surface area (Å²) in [7, 11) is 0. The van der Waals surface area contributed by atoms with Gasteiger partial charge in [0, 0.05) is 19.1 Å². The first kappa shape index (κ1) is 22.3. The first-order valence-electron chi connectivity index (χ1n) is 10.1. The van der Waals surface area contributed by atoms with Crippen molar-refractivity contribution in [1.82, 2.24) is 15.5 Å². The van der Waals surface area contributed by atoms with Crippen LogP contribution in [0.25, 0.3) is 0 Å². The first-order chi connectivity index (χ1) is 13.3. The Balaban J connectivity index is 1.87. The van der Waals surface area contributed by atoms with E-state index >= 15 is 0 Å². The summed E-state index contributed by atoms with van der Waals surface area (Å²) in [5, 5.41) is 5.31. The monoisotopic (exact) mass is 395 g/mol. The van der Waals surface area contributed by atoms with Crippen LogP contribution in [-0.2, 0) is 4.79 Å². The molecule has 1 saturated heterocycles. The Morgan fingerprint density at radius 1 is 1.21 bits per heavy atom. The third kappa shape index (κ3) is 5.99. The minimum Gasteiger partial charge on any atom is -0.354 e. The Morgan fingerprint density at radius 3 is 2.50 bits per heavy atom. The van der Waals surface area contributed by atoms with Gasteiger partial charge in [0.2, 0.25) is 5.91 Å². The summed E-state index contributed by atoms with van der Waals surface area (Å²) < 4.78 is 27.6. The molecule has 1 aliphatic heterocycles. The van der Waals surface area contributed by atoms with Gasteiger partial charge in [-0.15, -0.1) is 0 Å². The van der Waals surface area contributed by atoms with Crippen LogP contribution >= 0.6 is 0 Å². The summed E-state index contributed by atoms with van der Waals surface area (Å²) >= 11 is 0. The van der Waals surface area contributed by atoms with Gasteiger partial charge in [0.25, 0.3) is 5.91 Å². The number of nitrogens with one attached hydrogen (secondary N) is 2. The minimum atomic E-state index is -0.948. The summed E-state index contributed by atoms with van der Waals surface area (Å²) in [4.78, 5) is 27.2. The fraction of sp³-hybridized carbons (Fsp3) is 0.619. The van der Waals surface area contributed by atoms with Crippen LogP contribution in [0.5, 0.6) is 0 Å². The Bertz CT molecular complexity index is 661. The zero-order valence-electron chi connectivity index (χ0n) is 16.9. The lowest BCUT2D eigenvalue weighted by Gasteiger charge is -2.33. The number of carbonyl (C=O) groups excluding carboxylic acids is 2. The van der Waals surface area contributed by atoms with Gasteiger partial charge >= 0.3 is 0 Å². The predicted octanol–water partition coefficient (Wildman–Crippen LogP) is 3.10. The highest BCUT2D eigenvalue weighted by atomic mass is 19.1. The zero-order valence-corrected chi connectivity index (χ0v) is 16.9. The summed E-state index contributed by atoms with van der Waals surface area (Å²) in [5.74, 6) is -3.38. The van der Waals surface area contributed by atoms with Gasteiger partial charge in [-0.3, -0.25) is 9.59 Å². The number of rotatable bonds is 8. The van der Waals surface area contributed by atoms with Crippen molar-refractivity contribution in [2.24, 2.45) is 5.92 Å². The first-order valence-corrected chi connectivity index (χ1v) is 10.1. The summed E-state index contributed by atoms with van der Waals surface area (Å²) in [6.07, 6.45) is 4.51. The predicted molar refractivity (Wildman–Crippen MR) is 105 cm³/mol. The largest absolute Gasteiger partial charge is 0.354 e. The van der Waals surface area contributed by atoms with Crippen LogP contribution in [-0.4, -0.2) is 48.4 Å². The molecular formula is C21H31F2N3O2. The van der Waals surface area contributed by atoms with Crippen molar-refractivity contribution in [3.8, 4) is 0 Å². The van der Waals surface area contributed by atoms with Gasteiger partial charge in [0.1, 0.15) is 23.2 Å². The van der Waals surface area contributed by atoms with Gasteiger partial charge in [-0.25, -0.2) is 8.78 Å². The topological polar surface area (TPSA) is 61.4 Å². The quantitative estimate of drug-likeness (QED) is 0.665. The average molecular weight is 395 g/mol. The highest BCUT2D eigenvalue weighted by Gasteiger charge is 2.27. The number of amides is 2. The SMILES string of the molecule is CC(C)C(NC(=O)c1c(F)cccc1F)C(=O)NCCCN1CCCCC1C. The van der Waals surface area contributed by atoms with E-state index in [-0.39, 0.29) is 11.8 Å². The minimum absolute atomic E-state index is 0.221. The van der Waals surface area contributed by atoms with E-state index in [9.17, 15) is 18.4 Å². The molecular weight excluding hydrogens is 364 g/mol. The van der Waals surface area contributed by atoms with E-state index in [0.29, 0.717) is 12.6 Å². The Morgan fingerprint density at radius 2 is 1.89 bits per heavy atom. The van der Waals surface area contributed by atoms with Crippen molar-refractivity contribution < 1.29 is 18.4 Å². The Kier molecular flexibility index (Phi) is 8.35. The number of likely N-dealkylation sites (tertiary alicyclic amines) is 1.